The van der Waals surface area contributed by atoms with Gasteiger partial charge in [0.2, 0.25) is 0 Å². The van der Waals surface area contributed by atoms with Crippen molar-refractivity contribution in [3.05, 3.63) is 30.7 Å². The Hall–Kier alpha value is -1.38. The minimum absolute atomic E-state index is 0.0643. The van der Waals surface area contributed by atoms with E-state index in [1.165, 1.54) is 16.2 Å². The molecule has 0 radical (unpaired) electrons. The van der Waals surface area contributed by atoms with Crippen molar-refractivity contribution in [2.75, 3.05) is 5.75 Å². The van der Waals surface area contributed by atoms with E-state index in [0.29, 0.717) is 0 Å². The summed E-state index contributed by atoms with van der Waals surface area (Å²) < 4.78 is 36.8. The van der Waals surface area contributed by atoms with Gasteiger partial charge in [-0.2, -0.15) is 0 Å². The lowest BCUT2D eigenvalue weighted by molar-refractivity contribution is -0.750. The van der Waals surface area contributed by atoms with Gasteiger partial charge in [-0.25, -0.2) is 12.8 Å². The van der Waals surface area contributed by atoms with E-state index in [2.05, 4.69) is 9.47 Å². The molecule has 2 aromatic rings. The lowest BCUT2D eigenvalue weighted by atomic mass is 10.3. The average molecular weight is 271 g/mol. The minimum Gasteiger partial charge on any atom is -0.748 e. The smallest absolute Gasteiger partial charge is 0.197 e. The van der Waals surface area contributed by atoms with Crippen molar-refractivity contribution in [1.82, 2.24) is 9.47 Å². The molecule has 0 amide bonds. The van der Waals surface area contributed by atoms with Gasteiger partial charge in [-0.15, -0.1) is 0 Å². The van der Waals surface area contributed by atoms with Gasteiger partial charge < -0.3 is 4.55 Å². The number of aryl methyl sites for hydroxylation is 1. The van der Waals surface area contributed by atoms with Crippen molar-refractivity contribution in [1.29, 1.82) is 0 Å². The van der Waals surface area contributed by atoms with Crippen LogP contribution in [0.3, 0.4) is 0 Å². The predicted molar refractivity (Wildman–Crippen MR) is 60.1 cm³/mol. The van der Waals surface area contributed by atoms with Gasteiger partial charge in [0.15, 0.2) is 12.7 Å². The zero-order chi connectivity index (χ0) is 12.3. The SMILES string of the molecule is O=S(=O)([O-])CC[n+]1ccc(-c2ccns2)cn1. The van der Waals surface area contributed by atoms with Crippen molar-refractivity contribution in [3.8, 4) is 10.4 Å². The van der Waals surface area contributed by atoms with Crippen molar-refractivity contribution in [2.45, 2.75) is 6.54 Å². The summed E-state index contributed by atoms with van der Waals surface area (Å²) in [4.78, 5) is 0.987. The van der Waals surface area contributed by atoms with Crippen LogP contribution in [0.25, 0.3) is 10.4 Å². The Morgan fingerprint density at radius 1 is 1.41 bits per heavy atom. The van der Waals surface area contributed by atoms with Crippen molar-refractivity contribution >= 4 is 21.7 Å². The van der Waals surface area contributed by atoms with E-state index in [4.69, 9.17) is 0 Å². The average Bonchev–Trinajstić information content (AvgIpc) is 2.79. The maximum atomic E-state index is 10.5. The summed E-state index contributed by atoms with van der Waals surface area (Å²) in [6, 6.07) is 3.67. The van der Waals surface area contributed by atoms with E-state index in [1.807, 2.05) is 6.07 Å². The first-order chi connectivity index (χ1) is 8.04. The van der Waals surface area contributed by atoms with E-state index < -0.39 is 15.9 Å². The highest BCUT2D eigenvalue weighted by atomic mass is 32.2. The Balaban J connectivity index is 2.09. The summed E-state index contributed by atoms with van der Waals surface area (Å²) in [6.45, 7) is 0.0643. The quantitative estimate of drug-likeness (QED) is 0.578. The van der Waals surface area contributed by atoms with Crippen LogP contribution in [0.2, 0.25) is 0 Å². The van der Waals surface area contributed by atoms with E-state index in [9.17, 15) is 13.0 Å². The molecular weight excluding hydrogens is 262 g/mol. The summed E-state index contributed by atoms with van der Waals surface area (Å²) in [5.41, 5.74) is 0.911. The molecule has 0 aliphatic rings. The number of aromatic nitrogens is 3. The van der Waals surface area contributed by atoms with Crippen LogP contribution < -0.4 is 4.68 Å². The molecule has 6 nitrogen and oxygen atoms in total. The van der Waals surface area contributed by atoms with Gasteiger partial charge in [0.25, 0.3) is 0 Å². The fraction of sp³-hybridized carbons (Fsp3) is 0.222. The van der Waals surface area contributed by atoms with Gasteiger partial charge in [0.05, 0.1) is 10.6 Å². The molecule has 0 atom stereocenters. The molecule has 0 fully saturated rings. The Morgan fingerprint density at radius 3 is 2.76 bits per heavy atom. The fourth-order valence-electron chi connectivity index (χ4n) is 1.23. The molecule has 8 heteroatoms. The molecule has 0 saturated heterocycles. The van der Waals surface area contributed by atoms with Crippen LogP contribution >= 0.6 is 11.5 Å². The summed E-state index contributed by atoms with van der Waals surface area (Å²) >= 11 is 1.35. The predicted octanol–water partition coefficient (Wildman–Crippen LogP) is 0.0378. The van der Waals surface area contributed by atoms with Crippen LogP contribution in [0.1, 0.15) is 0 Å². The number of hydrogen-bond acceptors (Lipinski definition) is 6. The Labute approximate surface area is 102 Å². The second-order valence-corrected chi connectivity index (χ2v) is 5.67. The lowest BCUT2D eigenvalue weighted by Gasteiger charge is -2.02. The first kappa shape index (κ1) is 12.1. The molecule has 0 saturated carbocycles. The Morgan fingerprint density at radius 2 is 2.24 bits per heavy atom. The van der Waals surface area contributed by atoms with Gasteiger partial charge in [0.1, 0.15) is 16.3 Å². The Kier molecular flexibility index (Phi) is 3.46. The maximum Gasteiger partial charge on any atom is 0.197 e. The molecule has 90 valence electrons. The molecular formula is C9H9N3O3S2. The molecule has 2 aromatic heterocycles. The van der Waals surface area contributed by atoms with Crippen LogP contribution in [0.15, 0.2) is 30.7 Å². The van der Waals surface area contributed by atoms with Crippen LogP contribution in [0, 0.1) is 0 Å². The van der Waals surface area contributed by atoms with Crippen molar-refractivity contribution in [2.24, 2.45) is 0 Å². The maximum absolute atomic E-state index is 10.5. The normalized spacial score (nSPS) is 11.6. The third-order valence-electron chi connectivity index (χ3n) is 2.06. The highest BCUT2D eigenvalue weighted by molar-refractivity contribution is 7.85. The van der Waals surface area contributed by atoms with Gasteiger partial charge >= 0.3 is 0 Å². The Bertz CT molecular complexity index is 578. The summed E-state index contributed by atoms with van der Waals surface area (Å²) in [7, 11) is -4.19. The van der Waals surface area contributed by atoms with Gasteiger partial charge in [-0.05, 0) is 22.7 Å². The fourth-order valence-corrected chi connectivity index (χ4v) is 2.23. The second kappa shape index (κ2) is 4.86. The summed E-state index contributed by atoms with van der Waals surface area (Å²) in [6.07, 6.45) is 4.95. The van der Waals surface area contributed by atoms with E-state index in [0.717, 1.165) is 10.4 Å². The summed E-state index contributed by atoms with van der Waals surface area (Å²) in [5.74, 6) is -0.454. The van der Waals surface area contributed by atoms with E-state index >= 15 is 0 Å². The first-order valence-electron chi connectivity index (χ1n) is 4.75. The van der Waals surface area contributed by atoms with Crippen LogP contribution in [-0.2, 0) is 16.7 Å². The largest absolute Gasteiger partial charge is 0.748 e. The standard InChI is InChI=1S/C9H9N3O3S2/c13-17(14,15)6-5-12-4-2-8(7-10-12)9-1-3-11-16-9/h1-4,7H,5-6H2. The van der Waals surface area contributed by atoms with E-state index in [1.54, 1.807) is 24.7 Å². The highest BCUT2D eigenvalue weighted by Gasteiger charge is 2.07. The van der Waals surface area contributed by atoms with Crippen LogP contribution in [0.4, 0.5) is 0 Å². The number of rotatable bonds is 4. The molecule has 0 aliphatic carbocycles. The molecule has 17 heavy (non-hydrogen) atoms. The zero-order valence-electron chi connectivity index (χ0n) is 8.68. The van der Waals surface area contributed by atoms with Crippen molar-refractivity contribution in [3.63, 3.8) is 0 Å². The molecule has 0 spiro atoms. The van der Waals surface area contributed by atoms with Gasteiger partial charge in [-0.3, -0.25) is 0 Å². The molecule has 0 aromatic carbocycles. The first-order valence-corrected chi connectivity index (χ1v) is 7.10. The number of hydrogen-bond donors (Lipinski definition) is 0. The molecule has 0 aliphatic heterocycles. The lowest BCUT2D eigenvalue weighted by Crippen LogP contribution is -2.40. The molecule has 2 heterocycles. The third-order valence-corrected chi connectivity index (χ3v) is 3.54. The topological polar surface area (TPSA) is 86.9 Å². The van der Waals surface area contributed by atoms with Gasteiger partial charge in [-0.1, -0.05) is 4.68 Å². The molecule has 0 unspecified atom stereocenters. The van der Waals surface area contributed by atoms with E-state index in [-0.39, 0.29) is 6.54 Å². The molecule has 0 N–H and O–H groups in total. The second-order valence-electron chi connectivity index (χ2n) is 3.32. The highest BCUT2D eigenvalue weighted by Crippen LogP contribution is 2.20. The van der Waals surface area contributed by atoms with Crippen LogP contribution in [-0.4, -0.2) is 28.2 Å². The van der Waals surface area contributed by atoms with Gasteiger partial charge in [0, 0.05) is 17.8 Å². The minimum atomic E-state index is -4.19. The summed E-state index contributed by atoms with van der Waals surface area (Å²) in [5, 5.41) is 4.03. The zero-order valence-corrected chi connectivity index (χ0v) is 10.3. The van der Waals surface area contributed by atoms with Crippen LogP contribution in [0.5, 0.6) is 0 Å². The number of nitrogens with zero attached hydrogens (tertiary/aromatic N) is 3. The molecule has 0 bridgehead atoms. The molecule has 2 rings (SSSR count). The monoisotopic (exact) mass is 271 g/mol. The van der Waals surface area contributed by atoms with Crippen molar-refractivity contribution < 1.29 is 17.7 Å². The third kappa shape index (κ3) is 3.55.